The first kappa shape index (κ1) is 22.5. The summed E-state index contributed by atoms with van der Waals surface area (Å²) in [5, 5.41) is 8.38. The van der Waals surface area contributed by atoms with Gasteiger partial charge in [0.05, 0.1) is 6.54 Å². The Bertz CT molecular complexity index is 667. The first-order valence-electron chi connectivity index (χ1n) is 8.61. The van der Waals surface area contributed by atoms with Gasteiger partial charge in [0.1, 0.15) is 5.60 Å². The maximum Gasteiger partial charge on any atom is 0.408 e. The molecule has 1 aromatic rings. The zero-order valence-corrected chi connectivity index (χ0v) is 16.6. The number of alkyl carbamates (subject to hydrolysis) is 1. The van der Waals surface area contributed by atoms with Crippen LogP contribution in [0.3, 0.4) is 0 Å². The lowest BCUT2D eigenvalue weighted by Gasteiger charge is -2.19. The quantitative estimate of drug-likeness (QED) is 0.465. The van der Waals surface area contributed by atoms with Crippen molar-refractivity contribution in [1.29, 1.82) is 0 Å². The molecule has 0 saturated heterocycles. The fraction of sp³-hybridized carbons (Fsp3) is 0.421. The van der Waals surface area contributed by atoms with E-state index in [1.165, 1.54) is 6.08 Å². The van der Waals surface area contributed by atoms with Crippen LogP contribution in [0.1, 0.15) is 32.8 Å². The van der Waals surface area contributed by atoms with Crippen LogP contribution in [0.15, 0.2) is 30.3 Å². The molecule has 0 fully saturated rings. The molecule has 0 aliphatic rings. The number of hydrogen-bond acceptors (Lipinski definition) is 4. The summed E-state index contributed by atoms with van der Waals surface area (Å²) in [6.07, 6.45) is 3.05. The second-order valence-corrected chi connectivity index (χ2v) is 7.17. The van der Waals surface area contributed by atoms with Crippen LogP contribution >= 0.6 is 11.6 Å². The third kappa shape index (κ3) is 11.6. The zero-order chi connectivity index (χ0) is 20.3. The Morgan fingerprint density at radius 2 is 1.67 bits per heavy atom. The van der Waals surface area contributed by atoms with Gasteiger partial charge in [-0.15, -0.1) is 0 Å². The van der Waals surface area contributed by atoms with Gasteiger partial charge in [-0.05, 0) is 51.0 Å². The van der Waals surface area contributed by atoms with Gasteiger partial charge >= 0.3 is 6.09 Å². The van der Waals surface area contributed by atoms with E-state index < -0.39 is 11.7 Å². The van der Waals surface area contributed by atoms with Crippen LogP contribution in [0.4, 0.5) is 4.79 Å². The molecule has 0 atom stereocenters. The predicted molar refractivity (Wildman–Crippen MR) is 105 cm³/mol. The number of rotatable bonds is 8. The number of carbonyl (C=O) groups is 3. The highest BCUT2D eigenvalue weighted by atomic mass is 35.5. The van der Waals surface area contributed by atoms with E-state index in [4.69, 9.17) is 16.3 Å². The highest BCUT2D eigenvalue weighted by Gasteiger charge is 2.16. The molecule has 27 heavy (non-hydrogen) atoms. The van der Waals surface area contributed by atoms with Crippen molar-refractivity contribution in [3.05, 3.63) is 40.9 Å². The van der Waals surface area contributed by atoms with Crippen LogP contribution < -0.4 is 16.0 Å². The summed E-state index contributed by atoms with van der Waals surface area (Å²) in [4.78, 5) is 34.7. The van der Waals surface area contributed by atoms with Crippen molar-refractivity contribution in [2.24, 2.45) is 0 Å². The summed E-state index contributed by atoms with van der Waals surface area (Å²) in [6.45, 7) is 5.87. The molecule has 0 aliphatic carbocycles. The highest BCUT2D eigenvalue weighted by molar-refractivity contribution is 6.30. The average molecular weight is 396 g/mol. The van der Waals surface area contributed by atoms with Crippen LogP contribution in [0.25, 0.3) is 6.08 Å². The summed E-state index contributed by atoms with van der Waals surface area (Å²) >= 11 is 5.80. The number of hydrogen-bond donors (Lipinski definition) is 3. The lowest BCUT2D eigenvalue weighted by molar-refractivity contribution is -0.120. The molecule has 0 bridgehead atoms. The van der Waals surface area contributed by atoms with Crippen molar-refractivity contribution in [2.45, 2.75) is 32.8 Å². The molecule has 3 amide bonds. The van der Waals surface area contributed by atoms with E-state index in [1.807, 2.05) is 12.1 Å². The standard InChI is InChI=1S/C19H26ClN3O4/c1-19(2,3)27-18(26)23-13-17(25)22-12-4-11-21-16(24)10-7-14-5-8-15(20)9-6-14/h5-10H,4,11-13H2,1-3H3,(H,21,24)(H,22,25)(H,23,26)/b10-7+. The van der Waals surface area contributed by atoms with Crippen LogP contribution in [0.2, 0.25) is 5.02 Å². The van der Waals surface area contributed by atoms with E-state index in [-0.39, 0.29) is 18.4 Å². The number of ether oxygens (including phenoxy) is 1. The minimum Gasteiger partial charge on any atom is -0.444 e. The Morgan fingerprint density at radius 3 is 2.30 bits per heavy atom. The van der Waals surface area contributed by atoms with Crippen molar-refractivity contribution in [1.82, 2.24) is 16.0 Å². The Balaban J connectivity index is 2.12. The van der Waals surface area contributed by atoms with E-state index in [2.05, 4.69) is 16.0 Å². The number of nitrogens with one attached hydrogen (secondary N) is 3. The fourth-order valence-electron chi connectivity index (χ4n) is 1.86. The van der Waals surface area contributed by atoms with Gasteiger partial charge < -0.3 is 20.7 Å². The van der Waals surface area contributed by atoms with E-state index >= 15 is 0 Å². The third-order valence-corrected chi connectivity index (χ3v) is 3.32. The minimum absolute atomic E-state index is 0.162. The second-order valence-electron chi connectivity index (χ2n) is 6.73. The summed E-state index contributed by atoms with van der Waals surface area (Å²) in [5.41, 5.74) is 0.264. The van der Waals surface area contributed by atoms with Gasteiger partial charge in [-0.25, -0.2) is 4.79 Å². The van der Waals surface area contributed by atoms with Gasteiger partial charge in [0.15, 0.2) is 0 Å². The second kappa shape index (κ2) is 11.2. The summed E-state index contributed by atoms with van der Waals surface area (Å²) in [5.74, 6) is -0.544. The number of halogens is 1. The van der Waals surface area contributed by atoms with Crippen molar-refractivity contribution >= 4 is 35.6 Å². The summed E-state index contributed by atoms with van der Waals surface area (Å²) in [6, 6.07) is 7.12. The van der Waals surface area contributed by atoms with Crippen molar-refractivity contribution in [3.63, 3.8) is 0 Å². The molecule has 0 aliphatic heterocycles. The maximum absolute atomic E-state index is 11.7. The molecule has 1 aromatic carbocycles. The third-order valence-electron chi connectivity index (χ3n) is 3.06. The van der Waals surface area contributed by atoms with Crippen molar-refractivity contribution < 1.29 is 19.1 Å². The molecule has 0 aromatic heterocycles. The number of carbonyl (C=O) groups excluding carboxylic acids is 3. The van der Waals surface area contributed by atoms with Gasteiger partial charge in [0, 0.05) is 24.2 Å². The molecular weight excluding hydrogens is 370 g/mol. The van der Waals surface area contributed by atoms with Crippen LogP contribution in [-0.4, -0.2) is 43.1 Å². The number of benzene rings is 1. The topological polar surface area (TPSA) is 96.5 Å². The van der Waals surface area contributed by atoms with E-state index in [9.17, 15) is 14.4 Å². The van der Waals surface area contributed by atoms with Crippen LogP contribution in [0, 0.1) is 0 Å². The molecule has 0 heterocycles. The Kier molecular flexibility index (Phi) is 9.36. The molecule has 0 radical (unpaired) electrons. The molecule has 1 rings (SSSR count). The van der Waals surface area contributed by atoms with Gasteiger partial charge in [0.2, 0.25) is 11.8 Å². The predicted octanol–water partition coefficient (Wildman–Crippen LogP) is 2.50. The number of amides is 3. The van der Waals surface area contributed by atoms with E-state index in [1.54, 1.807) is 39.0 Å². The molecular formula is C19H26ClN3O4. The van der Waals surface area contributed by atoms with E-state index in [0.717, 1.165) is 5.56 Å². The van der Waals surface area contributed by atoms with E-state index in [0.29, 0.717) is 24.5 Å². The largest absolute Gasteiger partial charge is 0.444 e. The minimum atomic E-state index is -0.641. The first-order chi connectivity index (χ1) is 12.7. The maximum atomic E-state index is 11.7. The SMILES string of the molecule is CC(C)(C)OC(=O)NCC(=O)NCCCNC(=O)/C=C/c1ccc(Cl)cc1. The molecule has 8 heteroatoms. The summed E-state index contributed by atoms with van der Waals surface area (Å²) in [7, 11) is 0. The van der Waals surface area contributed by atoms with Crippen molar-refractivity contribution in [3.8, 4) is 0 Å². The van der Waals surface area contributed by atoms with Gasteiger partial charge in [-0.2, -0.15) is 0 Å². The first-order valence-corrected chi connectivity index (χ1v) is 8.98. The monoisotopic (exact) mass is 395 g/mol. The van der Waals surface area contributed by atoms with Crippen LogP contribution in [0.5, 0.6) is 0 Å². The Morgan fingerprint density at radius 1 is 1.04 bits per heavy atom. The smallest absolute Gasteiger partial charge is 0.408 e. The highest BCUT2D eigenvalue weighted by Crippen LogP contribution is 2.10. The average Bonchev–Trinajstić information content (AvgIpc) is 2.57. The molecule has 0 spiro atoms. The van der Waals surface area contributed by atoms with Gasteiger partial charge in [-0.1, -0.05) is 23.7 Å². The molecule has 7 nitrogen and oxygen atoms in total. The zero-order valence-electron chi connectivity index (χ0n) is 15.8. The normalized spacial score (nSPS) is 11.1. The van der Waals surface area contributed by atoms with Gasteiger partial charge in [-0.3, -0.25) is 9.59 Å². The summed E-state index contributed by atoms with van der Waals surface area (Å²) < 4.78 is 5.03. The van der Waals surface area contributed by atoms with Crippen LogP contribution in [-0.2, 0) is 14.3 Å². The molecule has 0 saturated carbocycles. The lowest BCUT2D eigenvalue weighted by Crippen LogP contribution is -2.40. The Hall–Kier alpha value is -2.54. The molecule has 148 valence electrons. The molecule has 3 N–H and O–H groups in total. The fourth-order valence-corrected chi connectivity index (χ4v) is 1.99. The van der Waals surface area contributed by atoms with Crippen molar-refractivity contribution in [2.75, 3.05) is 19.6 Å². The van der Waals surface area contributed by atoms with Gasteiger partial charge in [0.25, 0.3) is 0 Å². The lowest BCUT2D eigenvalue weighted by atomic mass is 10.2. The Labute approximate surface area is 164 Å². The molecule has 0 unspecified atom stereocenters.